The molecule has 2 aromatic rings. The van der Waals surface area contributed by atoms with Crippen LogP contribution in [0.4, 0.5) is 0 Å². The normalized spacial score (nSPS) is 11.1. The van der Waals surface area contributed by atoms with Crippen LogP contribution in [0.3, 0.4) is 0 Å². The molecule has 0 saturated carbocycles. The molecule has 1 aliphatic carbocycles. The Balaban J connectivity index is 2.01. The first kappa shape index (κ1) is 18.7. The molecule has 1 aliphatic heterocycles. The molecule has 1 N–H and O–H groups in total. The molecule has 146 valence electrons. The van der Waals surface area contributed by atoms with Crippen LogP contribution in [0.1, 0.15) is 30.1 Å². The Labute approximate surface area is 167 Å². The monoisotopic (exact) mass is 388 g/mol. The predicted octanol–water partition coefficient (Wildman–Crippen LogP) is 5.44. The summed E-state index contributed by atoms with van der Waals surface area (Å²) < 4.78 is 11.8. The number of aromatic carboxylic acids is 1. The van der Waals surface area contributed by atoms with Gasteiger partial charge in [0.2, 0.25) is 0 Å². The van der Waals surface area contributed by atoms with Crippen LogP contribution in [-0.4, -0.2) is 17.7 Å². The van der Waals surface area contributed by atoms with Crippen LogP contribution in [0.2, 0.25) is 0 Å². The van der Waals surface area contributed by atoms with Crippen LogP contribution in [0, 0.1) is 0 Å². The molecule has 0 spiro atoms. The zero-order chi connectivity index (χ0) is 20.4. The number of carboxylic acid groups (broad SMARTS) is 1. The molecule has 0 unspecified atom stereocenters. The van der Waals surface area contributed by atoms with E-state index in [9.17, 15) is 14.7 Å². The summed E-state index contributed by atoms with van der Waals surface area (Å²) in [5, 5.41) is 10.4. The summed E-state index contributed by atoms with van der Waals surface area (Å²) in [7, 11) is 0. The number of unbranched alkanes of at least 4 members (excludes halogenated alkanes) is 1. The Bertz CT molecular complexity index is 1220. The van der Waals surface area contributed by atoms with E-state index in [0.29, 0.717) is 34.8 Å². The van der Waals surface area contributed by atoms with Crippen LogP contribution >= 0.6 is 0 Å². The van der Waals surface area contributed by atoms with Crippen molar-refractivity contribution in [3.63, 3.8) is 0 Å². The van der Waals surface area contributed by atoms with Crippen molar-refractivity contribution in [1.82, 2.24) is 0 Å². The number of carboxylic acids is 1. The maximum absolute atomic E-state index is 11.9. The molecule has 5 heteroatoms. The van der Waals surface area contributed by atoms with E-state index >= 15 is 0 Å². The maximum Gasteiger partial charge on any atom is 0.336 e. The molecule has 0 saturated heterocycles. The van der Waals surface area contributed by atoms with Crippen molar-refractivity contribution in [2.75, 3.05) is 6.61 Å². The van der Waals surface area contributed by atoms with Gasteiger partial charge in [-0.15, -0.1) is 0 Å². The zero-order valence-electron chi connectivity index (χ0n) is 16.0. The smallest absolute Gasteiger partial charge is 0.336 e. The molecular weight excluding hydrogens is 368 g/mol. The minimum absolute atomic E-state index is 0.173. The summed E-state index contributed by atoms with van der Waals surface area (Å²) >= 11 is 0. The number of fused-ring (bicyclic) bond motifs is 2. The first-order chi connectivity index (χ1) is 14.1. The number of rotatable bonds is 6. The molecule has 0 atom stereocenters. The van der Waals surface area contributed by atoms with Gasteiger partial charge in [-0.25, -0.2) is 4.79 Å². The predicted molar refractivity (Wildman–Crippen MR) is 112 cm³/mol. The highest BCUT2D eigenvalue weighted by molar-refractivity contribution is 6.07. The molecule has 0 amide bonds. The number of benzene rings is 3. The van der Waals surface area contributed by atoms with E-state index in [1.165, 1.54) is 12.1 Å². The van der Waals surface area contributed by atoms with Crippen LogP contribution in [0.5, 0.6) is 5.75 Å². The van der Waals surface area contributed by atoms with E-state index in [-0.39, 0.29) is 11.0 Å². The molecule has 0 aromatic heterocycles. The molecule has 0 bridgehead atoms. The first-order valence-electron chi connectivity index (χ1n) is 9.54. The summed E-state index contributed by atoms with van der Waals surface area (Å²) in [6.07, 6.45) is 1.98. The van der Waals surface area contributed by atoms with Crippen molar-refractivity contribution in [2.24, 2.45) is 0 Å². The third-order valence-electron chi connectivity index (χ3n) is 4.86. The second kappa shape index (κ2) is 7.80. The van der Waals surface area contributed by atoms with Gasteiger partial charge in [0, 0.05) is 28.6 Å². The fraction of sp³-hybridized carbons (Fsp3) is 0.167. The van der Waals surface area contributed by atoms with E-state index in [1.807, 2.05) is 12.1 Å². The van der Waals surface area contributed by atoms with Crippen LogP contribution in [0.15, 0.2) is 69.9 Å². The maximum atomic E-state index is 11.9. The molecule has 29 heavy (non-hydrogen) atoms. The second-order valence-electron chi connectivity index (χ2n) is 6.85. The van der Waals surface area contributed by atoms with Crippen molar-refractivity contribution >= 4 is 16.9 Å². The Hall–Kier alpha value is -3.60. The fourth-order valence-electron chi connectivity index (χ4n) is 3.45. The average molecular weight is 388 g/mol. The minimum atomic E-state index is -1.01. The third kappa shape index (κ3) is 3.59. The van der Waals surface area contributed by atoms with Crippen LogP contribution < -0.4 is 10.2 Å². The van der Waals surface area contributed by atoms with Crippen molar-refractivity contribution in [3.8, 4) is 28.2 Å². The number of hydrogen-bond donors (Lipinski definition) is 1. The zero-order valence-corrected chi connectivity index (χ0v) is 16.0. The Morgan fingerprint density at radius 3 is 2.66 bits per heavy atom. The van der Waals surface area contributed by atoms with Gasteiger partial charge >= 0.3 is 5.97 Å². The molecule has 0 radical (unpaired) electrons. The number of carbonyl (C=O) groups is 1. The number of ether oxygens (including phenoxy) is 1. The van der Waals surface area contributed by atoms with Gasteiger partial charge in [0.1, 0.15) is 17.1 Å². The minimum Gasteiger partial charge on any atom is -0.493 e. The summed E-state index contributed by atoms with van der Waals surface area (Å²) in [4.78, 5) is 23.7. The second-order valence-corrected chi connectivity index (χ2v) is 6.85. The van der Waals surface area contributed by atoms with Gasteiger partial charge in [0.05, 0.1) is 12.2 Å². The van der Waals surface area contributed by atoms with Gasteiger partial charge in [-0.1, -0.05) is 31.5 Å². The van der Waals surface area contributed by atoms with Gasteiger partial charge in [-0.2, -0.15) is 0 Å². The quantitative estimate of drug-likeness (QED) is 0.351. The SMILES string of the molecule is CCCCOc1ccc2c(-c3ccccc3C(=O)O)c3ccc(=O)cc-3oc2c1. The van der Waals surface area contributed by atoms with Gasteiger partial charge in [0.25, 0.3) is 0 Å². The lowest BCUT2D eigenvalue weighted by Crippen LogP contribution is -2.03. The molecule has 5 nitrogen and oxygen atoms in total. The first-order valence-corrected chi connectivity index (χ1v) is 9.54. The van der Waals surface area contributed by atoms with E-state index < -0.39 is 5.97 Å². The number of hydrogen-bond acceptors (Lipinski definition) is 4. The largest absolute Gasteiger partial charge is 0.493 e. The molecule has 1 heterocycles. The molecular formula is C24H20O5. The Morgan fingerprint density at radius 2 is 1.86 bits per heavy atom. The molecule has 2 aromatic carbocycles. The standard InChI is InChI=1S/C24H20O5/c1-2-3-12-28-16-9-11-20-22(14-16)29-21-13-15(25)8-10-19(21)23(20)17-6-4-5-7-18(17)24(26)27/h4-11,13-14H,2-3,12H2,1H3,(H,26,27). The van der Waals surface area contributed by atoms with Gasteiger partial charge < -0.3 is 14.3 Å². The molecule has 4 rings (SSSR count). The van der Waals surface area contributed by atoms with E-state index in [4.69, 9.17) is 9.15 Å². The van der Waals surface area contributed by atoms with Gasteiger partial charge in [0.15, 0.2) is 5.43 Å². The van der Waals surface area contributed by atoms with Crippen molar-refractivity contribution in [3.05, 3.63) is 76.5 Å². The van der Waals surface area contributed by atoms with Crippen LogP contribution in [0.25, 0.3) is 33.4 Å². The Morgan fingerprint density at radius 1 is 1.03 bits per heavy atom. The summed E-state index contributed by atoms with van der Waals surface area (Å²) in [5.74, 6) is 0.0679. The summed E-state index contributed by atoms with van der Waals surface area (Å²) in [6, 6.07) is 16.9. The van der Waals surface area contributed by atoms with Crippen LogP contribution in [-0.2, 0) is 0 Å². The lowest BCUT2D eigenvalue weighted by molar-refractivity contribution is 0.0697. The van der Waals surface area contributed by atoms with Crippen molar-refractivity contribution in [2.45, 2.75) is 19.8 Å². The summed E-state index contributed by atoms with van der Waals surface area (Å²) in [6.45, 7) is 2.70. The van der Waals surface area contributed by atoms with Gasteiger partial charge in [-0.05, 0) is 42.3 Å². The highest BCUT2D eigenvalue weighted by Crippen LogP contribution is 2.41. The molecule has 2 aliphatic rings. The van der Waals surface area contributed by atoms with Gasteiger partial charge in [-0.3, -0.25) is 4.79 Å². The highest BCUT2D eigenvalue weighted by atomic mass is 16.5. The third-order valence-corrected chi connectivity index (χ3v) is 4.86. The van der Waals surface area contributed by atoms with Crippen molar-refractivity contribution in [1.29, 1.82) is 0 Å². The van der Waals surface area contributed by atoms with E-state index in [1.54, 1.807) is 36.4 Å². The molecule has 0 fully saturated rings. The van der Waals surface area contributed by atoms with Crippen molar-refractivity contribution < 1.29 is 19.1 Å². The van der Waals surface area contributed by atoms with E-state index in [0.717, 1.165) is 23.8 Å². The lowest BCUT2D eigenvalue weighted by Gasteiger charge is -2.17. The van der Waals surface area contributed by atoms with E-state index in [2.05, 4.69) is 6.92 Å². The highest BCUT2D eigenvalue weighted by Gasteiger charge is 2.21. The lowest BCUT2D eigenvalue weighted by atomic mass is 9.91. The fourth-order valence-corrected chi connectivity index (χ4v) is 3.45. The topological polar surface area (TPSA) is 76.7 Å². The average Bonchev–Trinajstić information content (AvgIpc) is 2.72. The Kier molecular flexibility index (Phi) is 5.04. The summed E-state index contributed by atoms with van der Waals surface area (Å²) in [5.41, 5.74) is 2.53.